The first-order valence-electron chi connectivity index (χ1n) is 8.00. The second-order valence-electron chi connectivity index (χ2n) is 5.93. The number of nitrogens with zero attached hydrogens (tertiary/aromatic N) is 1. The maximum absolute atomic E-state index is 4.17. The van der Waals surface area contributed by atoms with Gasteiger partial charge in [-0.15, -0.1) is 0 Å². The van der Waals surface area contributed by atoms with Crippen LogP contribution in [0, 0.1) is 5.92 Å². The second kappa shape index (κ2) is 8.31. The minimum atomic E-state index is 0.749. The molecule has 0 spiro atoms. The molecule has 2 heteroatoms. The van der Waals surface area contributed by atoms with Crippen LogP contribution >= 0.6 is 0 Å². The zero-order valence-corrected chi connectivity index (χ0v) is 12.3. The molecule has 1 N–H and O–H groups in total. The molecule has 19 heavy (non-hydrogen) atoms. The number of aromatic nitrogens is 1. The van der Waals surface area contributed by atoms with Crippen LogP contribution in [0.4, 0.5) is 0 Å². The highest BCUT2D eigenvalue weighted by molar-refractivity contribution is 5.08. The number of hydrogen-bond donors (Lipinski definition) is 1. The van der Waals surface area contributed by atoms with Crippen molar-refractivity contribution in [3.05, 3.63) is 30.1 Å². The quantitative estimate of drug-likeness (QED) is 0.783. The zero-order chi connectivity index (χ0) is 13.3. The fourth-order valence-electron chi connectivity index (χ4n) is 3.25. The van der Waals surface area contributed by atoms with E-state index in [1.807, 2.05) is 18.5 Å². The van der Waals surface area contributed by atoms with Crippen LogP contribution < -0.4 is 5.32 Å². The van der Waals surface area contributed by atoms with E-state index in [0.29, 0.717) is 0 Å². The predicted molar refractivity (Wildman–Crippen MR) is 81.2 cm³/mol. The van der Waals surface area contributed by atoms with Crippen molar-refractivity contribution in [1.29, 1.82) is 0 Å². The first-order chi connectivity index (χ1) is 9.38. The number of pyridine rings is 1. The second-order valence-corrected chi connectivity index (χ2v) is 5.93. The average molecular weight is 260 g/mol. The molecule has 2 atom stereocenters. The first-order valence-corrected chi connectivity index (χ1v) is 8.00. The molecule has 2 rings (SSSR count). The molecule has 2 nitrogen and oxygen atoms in total. The Kier molecular flexibility index (Phi) is 6.35. The molecule has 1 saturated carbocycles. The molecule has 106 valence electrons. The van der Waals surface area contributed by atoms with Gasteiger partial charge in [0.05, 0.1) is 0 Å². The molecule has 0 radical (unpaired) electrons. The van der Waals surface area contributed by atoms with Crippen molar-refractivity contribution < 1.29 is 0 Å². The van der Waals surface area contributed by atoms with Gasteiger partial charge >= 0.3 is 0 Å². The Labute approximate surface area is 118 Å². The average Bonchev–Trinajstić information content (AvgIpc) is 2.66. The topological polar surface area (TPSA) is 24.9 Å². The van der Waals surface area contributed by atoms with Gasteiger partial charge in [0.25, 0.3) is 0 Å². The number of rotatable bonds is 6. The Bertz CT molecular complexity index is 336. The lowest BCUT2D eigenvalue weighted by Crippen LogP contribution is -2.30. The van der Waals surface area contributed by atoms with Gasteiger partial charge in [-0.3, -0.25) is 4.98 Å². The van der Waals surface area contributed by atoms with Crippen LogP contribution in [-0.4, -0.2) is 17.6 Å². The van der Waals surface area contributed by atoms with Crippen LogP contribution in [0.25, 0.3) is 0 Å². The van der Waals surface area contributed by atoms with Crippen LogP contribution in [0.3, 0.4) is 0 Å². The maximum Gasteiger partial charge on any atom is 0.0300 e. The summed E-state index contributed by atoms with van der Waals surface area (Å²) in [6.45, 7) is 3.41. The lowest BCUT2D eigenvalue weighted by Gasteiger charge is -2.16. The molecule has 1 aromatic heterocycles. The molecular weight excluding hydrogens is 232 g/mol. The molecule has 0 amide bonds. The molecule has 0 aromatic carbocycles. The summed E-state index contributed by atoms with van der Waals surface area (Å²) in [6.07, 6.45) is 14.7. The molecular formula is C17H28N2. The van der Waals surface area contributed by atoms with Crippen molar-refractivity contribution in [3.8, 4) is 0 Å². The third-order valence-electron chi connectivity index (χ3n) is 4.35. The Morgan fingerprint density at radius 2 is 2.21 bits per heavy atom. The maximum atomic E-state index is 4.17. The Morgan fingerprint density at radius 3 is 3.00 bits per heavy atom. The van der Waals surface area contributed by atoms with E-state index in [2.05, 4.69) is 23.3 Å². The Balaban J connectivity index is 1.66. The molecule has 0 saturated heterocycles. The summed E-state index contributed by atoms with van der Waals surface area (Å²) < 4.78 is 0. The highest BCUT2D eigenvalue weighted by atomic mass is 14.9. The van der Waals surface area contributed by atoms with Crippen molar-refractivity contribution in [2.45, 2.75) is 64.3 Å². The van der Waals surface area contributed by atoms with Gasteiger partial charge in [-0.1, -0.05) is 38.7 Å². The summed E-state index contributed by atoms with van der Waals surface area (Å²) in [5, 5.41) is 3.74. The Hall–Kier alpha value is -0.890. The van der Waals surface area contributed by atoms with Gasteiger partial charge in [-0.2, -0.15) is 0 Å². The van der Waals surface area contributed by atoms with E-state index in [9.17, 15) is 0 Å². The third-order valence-corrected chi connectivity index (χ3v) is 4.35. The minimum absolute atomic E-state index is 0.749. The predicted octanol–water partition coefficient (Wildman–Crippen LogP) is 3.96. The standard InChI is InChI=1S/C17H28N2/c1-2-5-15-6-3-8-17(10-9-15)19-13-11-16-7-4-12-18-14-16/h4,7,12,14-15,17,19H,2-3,5-6,8-11,13H2,1H3. The Morgan fingerprint density at radius 1 is 1.26 bits per heavy atom. The van der Waals surface area contributed by atoms with Crippen molar-refractivity contribution in [3.63, 3.8) is 0 Å². The zero-order valence-electron chi connectivity index (χ0n) is 12.3. The molecule has 1 aliphatic rings. The van der Waals surface area contributed by atoms with E-state index >= 15 is 0 Å². The van der Waals surface area contributed by atoms with Gasteiger partial charge in [-0.05, 0) is 49.8 Å². The largest absolute Gasteiger partial charge is 0.314 e. The van der Waals surface area contributed by atoms with Crippen LogP contribution in [0.15, 0.2) is 24.5 Å². The summed E-state index contributed by atoms with van der Waals surface area (Å²) in [6, 6.07) is 4.94. The summed E-state index contributed by atoms with van der Waals surface area (Å²) in [4.78, 5) is 4.17. The fourth-order valence-corrected chi connectivity index (χ4v) is 3.25. The van der Waals surface area contributed by atoms with Gasteiger partial charge in [0.1, 0.15) is 0 Å². The van der Waals surface area contributed by atoms with Gasteiger partial charge < -0.3 is 5.32 Å². The summed E-state index contributed by atoms with van der Waals surface area (Å²) >= 11 is 0. The smallest absolute Gasteiger partial charge is 0.0300 e. The summed E-state index contributed by atoms with van der Waals surface area (Å²) in [5.74, 6) is 0.995. The van der Waals surface area contributed by atoms with E-state index < -0.39 is 0 Å². The van der Waals surface area contributed by atoms with E-state index in [1.54, 1.807) is 0 Å². The lowest BCUT2D eigenvalue weighted by molar-refractivity contribution is 0.410. The van der Waals surface area contributed by atoms with E-state index in [0.717, 1.165) is 24.9 Å². The SMILES string of the molecule is CCCC1CCCC(NCCc2cccnc2)CC1. The molecule has 1 fully saturated rings. The monoisotopic (exact) mass is 260 g/mol. The van der Waals surface area contributed by atoms with Gasteiger partial charge in [0.15, 0.2) is 0 Å². The normalized spacial score (nSPS) is 24.1. The van der Waals surface area contributed by atoms with E-state index in [1.165, 1.54) is 50.5 Å². The number of nitrogens with one attached hydrogen (secondary N) is 1. The van der Waals surface area contributed by atoms with Crippen LogP contribution in [0.2, 0.25) is 0 Å². The minimum Gasteiger partial charge on any atom is -0.314 e. The summed E-state index contributed by atoms with van der Waals surface area (Å²) in [5.41, 5.74) is 1.34. The highest BCUT2D eigenvalue weighted by Crippen LogP contribution is 2.26. The van der Waals surface area contributed by atoms with Gasteiger partial charge in [-0.25, -0.2) is 0 Å². The van der Waals surface area contributed by atoms with Crippen molar-refractivity contribution in [2.75, 3.05) is 6.54 Å². The van der Waals surface area contributed by atoms with Crippen molar-refractivity contribution >= 4 is 0 Å². The third kappa shape index (κ3) is 5.32. The van der Waals surface area contributed by atoms with Crippen LogP contribution in [0.5, 0.6) is 0 Å². The van der Waals surface area contributed by atoms with Gasteiger partial charge in [0.2, 0.25) is 0 Å². The molecule has 0 aliphatic heterocycles. The van der Waals surface area contributed by atoms with Crippen LogP contribution in [0.1, 0.15) is 57.4 Å². The molecule has 1 aromatic rings. The van der Waals surface area contributed by atoms with E-state index in [-0.39, 0.29) is 0 Å². The van der Waals surface area contributed by atoms with Crippen molar-refractivity contribution in [2.24, 2.45) is 5.92 Å². The fraction of sp³-hybridized carbons (Fsp3) is 0.706. The van der Waals surface area contributed by atoms with Crippen LogP contribution in [-0.2, 0) is 6.42 Å². The van der Waals surface area contributed by atoms with Crippen molar-refractivity contribution in [1.82, 2.24) is 10.3 Å². The highest BCUT2D eigenvalue weighted by Gasteiger charge is 2.17. The molecule has 0 bridgehead atoms. The lowest BCUT2D eigenvalue weighted by atomic mass is 9.95. The van der Waals surface area contributed by atoms with E-state index in [4.69, 9.17) is 0 Å². The number of hydrogen-bond acceptors (Lipinski definition) is 2. The molecule has 1 aliphatic carbocycles. The van der Waals surface area contributed by atoms with Gasteiger partial charge in [0, 0.05) is 18.4 Å². The summed E-state index contributed by atoms with van der Waals surface area (Å²) in [7, 11) is 0. The molecule has 1 heterocycles. The first kappa shape index (κ1) is 14.5. The molecule has 2 unspecified atom stereocenters.